The quantitative estimate of drug-likeness (QED) is 0.839. The van der Waals surface area contributed by atoms with E-state index in [1.165, 1.54) is 12.1 Å². The highest BCUT2D eigenvalue weighted by molar-refractivity contribution is 6.31. The summed E-state index contributed by atoms with van der Waals surface area (Å²) in [5.74, 6) is 0.145. The van der Waals surface area contributed by atoms with Gasteiger partial charge in [-0.25, -0.2) is 4.39 Å². The van der Waals surface area contributed by atoms with Crippen molar-refractivity contribution in [2.75, 3.05) is 0 Å². The molecule has 19 heavy (non-hydrogen) atoms. The molecular formula is C15H11ClFNO. The molecule has 2 nitrogen and oxygen atoms in total. The van der Waals surface area contributed by atoms with Gasteiger partial charge in [0, 0.05) is 16.7 Å². The number of nitrogens with zero attached hydrogens (tertiary/aromatic N) is 1. The van der Waals surface area contributed by atoms with Crippen molar-refractivity contribution in [2.24, 2.45) is 0 Å². The van der Waals surface area contributed by atoms with Gasteiger partial charge in [0.15, 0.2) is 0 Å². The Hall–Kier alpha value is -2.05. The molecule has 0 heterocycles. The Morgan fingerprint density at radius 3 is 2.74 bits per heavy atom. The van der Waals surface area contributed by atoms with E-state index in [9.17, 15) is 4.39 Å². The van der Waals surface area contributed by atoms with E-state index in [1.54, 1.807) is 24.3 Å². The van der Waals surface area contributed by atoms with Crippen molar-refractivity contribution in [3.05, 3.63) is 63.9 Å². The second-order valence-electron chi connectivity index (χ2n) is 4.12. The zero-order chi connectivity index (χ0) is 13.8. The maximum atomic E-state index is 13.1. The van der Waals surface area contributed by atoms with Crippen molar-refractivity contribution in [2.45, 2.75) is 13.5 Å². The smallest absolute Gasteiger partial charge is 0.126 e. The molecule has 0 N–H and O–H groups in total. The van der Waals surface area contributed by atoms with Gasteiger partial charge < -0.3 is 4.74 Å². The second kappa shape index (κ2) is 5.73. The van der Waals surface area contributed by atoms with Crippen molar-refractivity contribution in [3.63, 3.8) is 0 Å². The summed E-state index contributed by atoms with van der Waals surface area (Å²) in [7, 11) is 0. The van der Waals surface area contributed by atoms with Crippen LogP contribution in [-0.2, 0) is 6.61 Å². The van der Waals surface area contributed by atoms with Crippen molar-refractivity contribution >= 4 is 11.6 Å². The zero-order valence-electron chi connectivity index (χ0n) is 10.3. The molecule has 0 aliphatic heterocycles. The lowest BCUT2D eigenvalue weighted by Gasteiger charge is -2.10. The van der Waals surface area contributed by atoms with E-state index in [1.807, 2.05) is 13.0 Å². The molecule has 0 unspecified atom stereocenters. The van der Waals surface area contributed by atoms with Gasteiger partial charge in [0.25, 0.3) is 0 Å². The van der Waals surface area contributed by atoms with Crippen molar-refractivity contribution in [1.82, 2.24) is 0 Å². The molecule has 4 heteroatoms. The van der Waals surface area contributed by atoms with E-state index in [4.69, 9.17) is 21.6 Å². The summed E-state index contributed by atoms with van der Waals surface area (Å²) in [4.78, 5) is 0. The molecule has 0 bridgehead atoms. The number of nitriles is 1. The third kappa shape index (κ3) is 3.24. The lowest BCUT2D eigenvalue weighted by molar-refractivity contribution is 0.302. The molecule has 0 saturated carbocycles. The summed E-state index contributed by atoms with van der Waals surface area (Å²) in [6.45, 7) is 2.07. The van der Waals surface area contributed by atoms with Gasteiger partial charge in [0.05, 0.1) is 11.6 Å². The molecule has 0 aliphatic rings. The lowest BCUT2D eigenvalue weighted by Crippen LogP contribution is -1.98. The van der Waals surface area contributed by atoms with E-state index >= 15 is 0 Å². The number of benzene rings is 2. The number of halogens is 2. The van der Waals surface area contributed by atoms with Crippen LogP contribution in [0.1, 0.15) is 16.7 Å². The van der Waals surface area contributed by atoms with E-state index in [0.29, 0.717) is 16.3 Å². The maximum Gasteiger partial charge on any atom is 0.126 e. The zero-order valence-corrected chi connectivity index (χ0v) is 11.0. The van der Waals surface area contributed by atoms with E-state index in [2.05, 4.69) is 0 Å². The van der Waals surface area contributed by atoms with Crippen molar-refractivity contribution in [1.29, 1.82) is 5.26 Å². The Kier molecular flexibility index (Phi) is 4.03. The minimum Gasteiger partial charge on any atom is -0.488 e. The van der Waals surface area contributed by atoms with Crippen LogP contribution in [0.5, 0.6) is 5.75 Å². The highest BCUT2D eigenvalue weighted by atomic mass is 35.5. The predicted molar refractivity (Wildman–Crippen MR) is 71.6 cm³/mol. The van der Waals surface area contributed by atoms with Crippen LogP contribution in [-0.4, -0.2) is 0 Å². The van der Waals surface area contributed by atoms with E-state index in [-0.39, 0.29) is 12.4 Å². The van der Waals surface area contributed by atoms with Crippen LogP contribution in [0.25, 0.3) is 0 Å². The molecule has 0 amide bonds. The number of hydrogen-bond donors (Lipinski definition) is 0. The molecular weight excluding hydrogens is 265 g/mol. The van der Waals surface area contributed by atoms with Gasteiger partial charge in [-0.05, 0) is 30.7 Å². The van der Waals surface area contributed by atoms with Crippen LogP contribution in [0, 0.1) is 24.1 Å². The molecule has 0 aliphatic carbocycles. The maximum absolute atomic E-state index is 13.1. The summed E-state index contributed by atoms with van der Waals surface area (Å²) >= 11 is 6.04. The second-order valence-corrected chi connectivity index (χ2v) is 4.52. The fourth-order valence-electron chi connectivity index (χ4n) is 1.62. The lowest BCUT2D eigenvalue weighted by atomic mass is 10.1. The summed E-state index contributed by atoms with van der Waals surface area (Å²) in [5, 5.41) is 9.21. The molecule has 0 radical (unpaired) electrons. The van der Waals surface area contributed by atoms with Crippen LogP contribution in [0.2, 0.25) is 5.02 Å². The number of hydrogen-bond acceptors (Lipinski definition) is 2. The normalized spacial score (nSPS) is 10.0. The molecule has 2 aromatic rings. The van der Waals surface area contributed by atoms with Crippen LogP contribution in [0.4, 0.5) is 4.39 Å². The first-order chi connectivity index (χ1) is 9.10. The predicted octanol–water partition coefficient (Wildman–Crippen LogP) is 4.24. The third-order valence-corrected chi connectivity index (χ3v) is 3.07. The van der Waals surface area contributed by atoms with E-state index < -0.39 is 0 Å². The highest BCUT2D eigenvalue weighted by Gasteiger charge is 2.05. The SMILES string of the molecule is Cc1ccc(F)cc1OCc1ccc(C#N)cc1Cl. The average Bonchev–Trinajstić information content (AvgIpc) is 2.40. The Labute approximate surface area is 116 Å². The minimum atomic E-state index is -0.341. The van der Waals surface area contributed by atoms with Gasteiger partial charge in [-0.15, -0.1) is 0 Å². The highest BCUT2D eigenvalue weighted by Crippen LogP contribution is 2.23. The van der Waals surface area contributed by atoms with Gasteiger partial charge in [-0.2, -0.15) is 5.26 Å². The summed E-state index contributed by atoms with van der Waals surface area (Å²) in [5.41, 5.74) is 2.10. The fraction of sp³-hybridized carbons (Fsp3) is 0.133. The third-order valence-electron chi connectivity index (χ3n) is 2.72. The van der Waals surface area contributed by atoms with Crippen molar-refractivity contribution in [3.8, 4) is 11.8 Å². The van der Waals surface area contributed by atoms with E-state index in [0.717, 1.165) is 11.1 Å². The van der Waals surface area contributed by atoms with Crippen LogP contribution >= 0.6 is 11.6 Å². The van der Waals surface area contributed by atoms with Gasteiger partial charge in [-0.1, -0.05) is 23.7 Å². The monoisotopic (exact) mass is 275 g/mol. The molecule has 0 atom stereocenters. The topological polar surface area (TPSA) is 33.0 Å². The fourth-order valence-corrected chi connectivity index (χ4v) is 1.85. The first kappa shape index (κ1) is 13.4. The first-order valence-electron chi connectivity index (χ1n) is 5.67. The Bertz CT molecular complexity index is 649. The summed E-state index contributed by atoms with van der Waals surface area (Å²) < 4.78 is 18.7. The summed E-state index contributed by atoms with van der Waals surface area (Å²) in [6, 6.07) is 11.4. The Balaban J connectivity index is 2.15. The largest absolute Gasteiger partial charge is 0.488 e. The van der Waals surface area contributed by atoms with Crippen LogP contribution < -0.4 is 4.74 Å². The Morgan fingerprint density at radius 1 is 1.26 bits per heavy atom. The number of aryl methyl sites for hydroxylation is 1. The molecule has 96 valence electrons. The van der Waals surface area contributed by atoms with Crippen LogP contribution in [0.15, 0.2) is 36.4 Å². The van der Waals surface area contributed by atoms with Gasteiger partial charge in [0.2, 0.25) is 0 Å². The average molecular weight is 276 g/mol. The van der Waals surface area contributed by atoms with Crippen LogP contribution in [0.3, 0.4) is 0 Å². The Morgan fingerprint density at radius 2 is 2.05 bits per heavy atom. The van der Waals surface area contributed by atoms with Crippen molar-refractivity contribution < 1.29 is 9.13 Å². The molecule has 2 aromatic carbocycles. The standard InChI is InChI=1S/C15H11ClFNO/c1-10-2-5-13(17)7-15(10)19-9-12-4-3-11(8-18)6-14(12)16/h2-7H,9H2,1H3. The molecule has 0 saturated heterocycles. The molecule has 0 fully saturated rings. The minimum absolute atomic E-state index is 0.231. The molecule has 2 rings (SSSR count). The number of ether oxygens (including phenoxy) is 1. The van der Waals surface area contributed by atoms with Gasteiger partial charge in [-0.3, -0.25) is 0 Å². The van der Waals surface area contributed by atoms with Gasteiger partial charge >= 0.3 is 0 Å². The molecule has 0 spiro atoms. The first-order valence-corrected chi connectivity index (χ1v) is 6.05. The number of rotatable bonds is 3. The summed E-state index contributed by atoms with van der Waals surface area (Å²) in [6.07, 6.45) is 0. The molecule has 0 aromatic heterocycles. The van der Waals surface area contributed by atoms with Gasteiger partial charge in [0.1, 0.15) is 18.2 Å².